The zero-order valence-electron chi connectivity index (χ0n) is 16.0. The molecule has 0 heterocycles. The lowest BCUT2D eigenvalue weighted by atomic mass is 9.90. The van der Waals surface area contributed by atoms with E-state index in [-0.39, 0.29) is 17.3 Å². The van der Waals surface area contributed by atoms with Gasteiger partial charge in [0, 0.05) is 0 Å². The number of hydroxylamine groups is 1. The molecule has 0 atom stereocenters. The Balaban J connectivity index is 3.50. The summed E-state index contributed by atoms with van der Waals surface area (Å²) in [4.78, 5) is 27.0. The van der Waals surface area contributed by atoms with Crippen molar-refractivity contribution < 1.29 is 32.7 Å². The van der Waals surface area contributed by atoms with Crippen LogP contribution in [-0.4, -0.2) is 43.0 Å². The highest BCUT2D eigenvalue weighted by atomic mass is 19.4. The molecule has 1 aromatic carbocycles. The largest absolute Gasteiger partial charge is 0.493 e. The fourth-order valence-corrected chi connectivity index (χ4v) is 2.92. The zero-order chi connectivity index (χ0) is 22.0. The molecule has 8 nitrogen and oxygen atoms in total. The summed E-state index contributed by atoms with van der Waals surface area (Å²) in [6.07, 6.45) is -4.06. The molecule has 1 rings (SSSR count). The van der Waals surface area contributed by atoms with Gasteiger partial charge in [0.1, 0.15) is 0 Å². The fourth-order valence-electron chi connectivity index (χ4n) is 2.92. The third-order valence-electron chi connectivity index (χ3n) is 4.21. The quantitative estimate of drug-likeness (QED) is 0.423. The van der Waals surface area contributed by atoms with Gasteiger partial charge >= 0.3 is 18.2 Å². The van der Waals surface area contributed by atoms with Crippen molar-refractivity contribution in [1.82, 2.24) is 0 Å². The van der Waals surface area contributed by atoms with E-state index in [0.29, 0.717) is 57.2 Å². The summed E-state index contributed by atoms with van der Waals surface area (Å²) in [6.45, 7) is 1.11. The normalized spacial score (nSPS) is 11.4. The van der Waals surface area contributed by atoms with Crippen LogP contribution in [0.5, 0.6) is 0 Å². The molecule has 0 saturated carbocycles. The van der Waals surface area contributed by atoms with Crippen molar-refractivity contribution in [3.05, 3.63) is 28.8 Å². The van der Waals surface area contributed by atoms with E-state index >= 15 is 0 Å². The van der Waals surface area contributed by atoms with E-state index in [2.05, 4.69) is 4.84 Å². The van der Waals surface area contributed by atoms with E-state index in [1.807, 2.05) is 0 Å². The number of alkyl halides is 3. The molecule has 0 spiro atoms. The second-order valence-electron chi connectivity index (χ2n) is 6.33. The number of anilines is 1. The van der Waals surface area contributed by atoms with E-state index in [4.69, 9.17) is 17.2 Å². The molecule has 0 aliphatic carbocycles. The maximum atomic E-state index is 12.6. The SMILES string of the molecule is NCCCc1ccc(N(OC(=O)C(F)(F)F)C(=O)O)c(CCCN)c1CCCN. The Hall–Kier alpha value is -2.37. The Kier molecular flexibility index (Phi) is 9.86. The van der Waals surface area contributed by atoms with Crippen molar-refractivity contribution in [1.29, 1.82) is 0 Å². The van der Waals surface area contributed by atoms with Crippen molar-refractivity contribution >= 4 is 17.7 Å². The number of halogens is 3. The Morgan fingerprint density at radius 1 is 0.931 bits per heavy atom. The molecule has 1 aromatic rings. The van der Waals surface area contributed by atoms with Crippen LogP contribution in [0.3, 0.4) is 0 Å². The third-order valence-corrected chi connectivity index (χ3v) is 4.21. The van der Waals surface area contributed by atoms with Gasteiger partial charge in [-0.1, -0.05) is 6.07 Å². The maximum Gasteiger partial charge on any atom is 0.493 e. The van der Waals surface area contributed by atoms with Crippen LogP contribution in [0.4, 0.5) is 23.7 Å². The Morgan fingerprint density at radius 2 is 1.45 bits per heavy atom. The molecule has 0 bridgehead atoms. The van der Waals surface area contributed by atoms with Gasteiger partial charge in [-0.3, -0.25) is 0 Å². The number of nitrogens with zero attached hydrogens (tertiary/aromatic N) is 1. The van der Waals surface area contributed by atoms with Crippen LogP contribution in [0, 0.1) is 0 Å². The molecule has 11 heteroatoms. The first-order chi connectivity index (χ1) is 13.7. The molecular formula is C18H27F3N4O4. The Bertz CT molecular complexity index is 698. The summed E-state index contributed by atoms with van der Waals surface area (Å²) >= 11 is 0. The van der Waals surface area contributed by atoms with E-state index in [1.54, 1.807) is 6.07 Å². The van der Waals surface area contributed by atoms with Gasteiger partial charge in [-0.25, -0.2) is 9.59 Å². The first-order valence-corrected chi connectivity index (χ1v) is 9.23. The van der Waals surface area contributed by atoms with Gasteiger partial charge in [0.2, 0.25) is 0 Å². The summed E-state index contributed by atoms with van der Waals surface area (Å²) in [6, 6.07) is 2.95. The number of benzene rings is 1. The molecule has 0 fully saturated rings. The van der Waals surface area contributed by atoms with Crippen molar-refractivity contribution in [3.63, 3.8) is 0 Å². The van der Waals surface area contributed by atoms with Gasteiger partial charge in [0.15, 0.2) is 0 Å². The molecule has 29 heavy (non-hydrogen) atoms. The third kappa shape index (κ3) is 7.18. The highest BCUT2D eigenvalue weighted by molar-refractivity contribution is 5.89. The standard InChI is InChI=1S/C18H27F3N4O4/c19-18(20,21)16(26)29-25(17(27)28)15-8-7-12(4-1-9-22)13(5-2-10-23)14(15)6-3-11-24/h7-8H,1-6,9-11,22-24H2,(H,27,28). The highest BCUT2D eigenvalue weighted by Crippen LogP contribution is 2.31. The summed E-state index contributed by atoms with van der Waals surface area (Å²) in [5.41, 5.74) is 18.7. The van der Waals surface area contributed by atoms with Gasteiger partial charge in [-0.2, -0.15) is 13.2 Å². The molecule has 1 amide bonds. The zero-order valence-corrected chi connectivity index (χ0v) is 16.0. The lowest BCUT2D eigenvalue weighted by Gasteiger charge is -2.25. The van der Waals surface area contributed by atoms with Gasteiger partial charge in [-0.15, -0.1) is 5.06 Å². The average Bonchev–Trinajstić information content (AvgIpc) is 2.66. The molecule has 0 saturated heterocycles. The van der Waals surface area contributed by atoms with E-state index in [1.165, 1.54) is 6.07 Å². The predicted molar refractivity (Wildman–Crippen MR) is 101 cm³/mol. The first-order valence-electron chi connectivity index (χ1n) is 9.23. The molecule has 0 aliphatic heterocycles. The number of hydrogen-bond donors (Lipinski definition) is 4. The molecule has 0 unspecified atom stereocenters. The van der Waals surface area contributed by atoms with Crippen LogP contribution in [0.15, 0.2) is 12.1 Å². The van der Waals surface area contributed by atoms with Gasteiger partial charge in [0.05, 0.1) is 5.69 Å². The monoisotopic (exact) mass is 420 g/mol. The number of amides is 1. The first kappa shape index (κ1) is 24.7. The lowest BCUT2D eigenvalue weighted by Crippen LogP contribution is -2.38. The van der Waals surface area contributed by atoms with Crippen LogP contribution >= 0.6 is 0 Å². The minimum Gasteiger partial charge on any atom is -0.463 e. The van der Waals surface area contributed by atoms with Gasteiger partial charge in [-0.05, 0) is 80.9 Å². The molecular weight excluding hydrogens is 393 g/mol. The number of carbonyl (C=O) groups is 2. The smallest absolute Gasteiger partial charge is 0.463 e. The van der Waals surface area contributed by atoms with Crippen LogP contribution < -0.4 is 22.3 Å². The molecule has 0 aromatic heterocycles. The lowest BCUT2D eigenvalue weighted by molar-refractivity contribution is -0.200. The van der Waals surface area contributed by atoms with Gasteiger partial charge < -0.3 is 27.1 Å². The van der Waals surface area contributed by atoms with Crippen LogP contribution in [0.25, 0.3) is 0 Å². The molecule has 0 radical (unpaired) electrons. The van der Waals surface area contributed by atoms with Gasteiger partial charge in [0.25, 0.3) is 0 Å². The van der Waals surface area contributed by atoms with E-state index in [9.17, 15) is 27.9 Å². The highest BCUT2D eigenvalue weighted by Gasteiger charge is 2.44. The number of hydrogen-bond acceptors (Lipinski definition) is 6. The van der Waals surface area contributed by atoms with Crippen LogP contribution in [-0.2, 0) is 28.9 Å². The number of rotatable bonds is 10. The van der Waals surface area contributed by atoms with Crippen molar-refractivity contribution in [3.8, 4) is 0 Å². The topological polar surface area (TPSA) is 145 Å². The molecule has 164 valence electrons. The number of carboxylic acid groups (broad SMARTS) is 1. The average molecular weight is 420 g/mol. The van der Waals surface area contributed by atoms with Crippen molar-refractivity contribution in [2.45, 2.75) is 44.7 Å². The molecule has 0 aliphatic rings. The van der Waals surface area contributed by atoms with Crippen LogP contribution in [0.2, 0.25) is 0 Å². The Morgan fingerprint density at radius 3 is 1.93 bits per heavy atom. The number of nitrogens with two attached hydrogens (primary N) is 3. The number of carbonyl (C=O) groups excluding carboxylic acids is 1. The summed E-state index contributed by atoms with van der Waals surface area (Å²) in [5.74, 6) is -2.62. The van der Waals surface area contributed by atoms with E-state index < -0.39 is 18.2 Å². The maximum absolute atomic E-state index is 12.6. The summed E-state index contributed by atoms with van der Waals surface area (Å²) < 4.78 is 37.8. The van der Waals surface area contributed by atoms with Crippen LogP contribution in [0.1, 0.15) is 36.0 Å². The minimum atomic E-state index is -5.34. The van der Waals surface area contributed by atoms with Crippen molar-refractivity contribution in [2.75, 3.05) is 24.7 Å². The predicted octanol–water partition coefficient (Wildman–Crippen LogP) is 1.87. The second kappa shape index (κ2) is 11.6. The summed E-state index contributed by atoms with van der Waals surface area (Å²) in [5, 5.41) is 9.35. The minimum absolute atomic E-state index is 0.0413. The molecule has 7 N–H and O–H groups in total. The second-order valence-corrected chi connectivity index (χ2v) is 6.33. The number of aryl methyl sites for hydroxylation is 1. The Labute approximate surface area is 166 Å². The van der Waals surface area contributed by atoms with E-state index in [0.717, 1.165) is 11.1 Å². The van der Waals surface area contributed by atoms with Crippen molar-refractivity contribution in [2.24, 2.45) is 17.2 Å². The summed E-state index contributed by atoms with van der Waals surface area (Å²) in [7, 11) is 0. The fraction of sp³-hybridized carbons (Fsp3) is 0.556.